The number of hydrogen-bond donors (Lipinski definition) is 2. The Hall–Kier alpha value is -1.59. The molecule has 116 valence electrons. The van der Waals surface area contributed by atoms with Crippen LogP contribution < -0.4 is 11.1 Å². The Bertz CT molecular complexity index is 621. The van der Waals surface area contributed by atoms with Crippen LogP contribution in [-0.4, -0.2) is 21.0 Å². The summed E-state index contributed by atoms with van der Waals surface area (Å²) in [4.78, 5) is 16.8. The van der Waals surface area contributed by atoms with Gasteiger partial charge in [-0.25, -0.2) is 4.98 Å². The number of amides is 1. The normalized spacial score (nSPS) is 13.5. The Kier molecular flexibility index (Phi) is 5.75. The van der Waals surface area contributed by atoms with E-state index in [4.69, 9.17) is 5.73 Å². The minimum atomic E-state index is -0.870. The van der Waals surface area contributed by atoms with Gasteiger partial charge in [0.1, 0.15) is 0 Å². The molecule has 0 bridgehead atoms. The summed E-state index contributed by atoms with van der Waals surface area (Å²) in [5, 5.41) is 2.86. The molecule has 0 aliphatic heterocycles. The minimum Gasteiger partial charge on any atom is -0.318 e. The summed E-state index contributed by atoms with van der Waals surface area (Å²) >= 11 is 0. The number of nitrogens with one attached hydrogen (secondary N) is 1. The number of fused-ring (bicyclic) bond motifs is 1. The second-order valence-electron chi connectivity index (χ2n) is 5.29. The van der Waals surface area contributed by atoms with Crippen LogP contribution in [0.5, 0.6) is 0 Å². The molecular weight excluding hydrogens is 288 g/mol. The first kappa shape index (κ1) is 17.5. The third-order valence-corrected chi connectivity index (χ3v) is 3.48. The monoisotopic (exact) mass is 310 g/mol. The highest BCUT2D eigenvalue weighted by Gasteiger charge is 2.28. The number of nitrogens with two attached hydrogens (primary N) is 1. The topological polar surface area (TPSA) is 72.9 Å². The molecule has 1 aromatic heterocycles. The first-order chi connectivity index (χ1) is 9.49. The lowest BCUT2D eigenvalue weighted by Gasteiger charge is -2.22. The minimum absolute atomic E-state index is 0. The number of carbonyl (C=O) groups excluding carboxylic acids is 1. The van der Waals surface area contributed by atoms with E-state index in [2.05, 4.69) is 10.3 Å². The van der Waals surface area contributed by atoms with Crippen LogP contribution in [0, 0.1) is 0 Å². The number of rotatable bonds is 5. The highest BCUT2D eigenvalue weighted by molar-refractivity contribution is 5.97. The second-order valence-corrected chi connectivity index (χ2v) is 5.29. The highest BCUT2D eigenvalue weighted by atomic mass is 35.5. The largest absolute Gasteiger partial charge is 0.318 e. The van der Waals surface area contributed by atoms with Gasteiger partial charge in [-0.05, 0) is 32.4 Å². The summed E-state index contributed by atoms with van der Waals surface area (Å²) in [6.07, 6.45) is 1.51. The number of aryl methyl sites for hydroxylation is 1. The highest BCUT2D eigenvalue weighted by Crippen LogP contribution is 2.20. The molecule has 0 fully saturated rings. The van der Waals surface area contributed by atoms with E-state index in [0.29, 0.717) is 12.4 Å². The van der Waals surface area contributed by atoms with E-state index < -0.39 is 5.54 Å². The molecule has 1 amide bonds. The number of halogens is 1. The van der Waals surface area contributed by atoms with Crippen molar-refractivity contribution in [2.75, 3.05) is 5.32 Å². The van der Waals surface area contributed by atoms with Crippen LogP contribution in [0.1, 0.15) is 33.6 Å². The number of benzene rings is 1. The summed E-state index contributed by atoms with van der Waals surface area (Å²) in [5.41, 5.74) is 7.07. The van der Waals surface area contributed by atoms with Crippen molar-refractivity contribution in [3.05, 3.63) is 24.3 Å². The molecule has 21 heavy (non-hydrogen) atoms. The number of carbonyl (C=O) groups is 1. The fraction of sp³-hybridized carbons (Fsp3) is 0.467. The van der Waals surface area contributed by atoms with Gasteiger partial charge >= 0.3 is 0 Å². The van der Waals surface area contributed by atoms with Gasteiger partial charge in [-0.2, -0.15) is 0 Å². The summed E-state index contributed by atoms with van der Waals surface area (Å²) < 4.78 is 1.98. The van der Waals surface area contributed by atoms with Gasteiger partial charge in [0, 0.05) is 6.54 Å². The summed E-state index contributed by atoms with van der Waals surface area (Å²) in [7, 11) is 0. The van der Waals surface area contributed by atoms with Crippen molar-refractivity contribution < 1.29 is 4.79 Å². The summed E-state index contributed by atoms with van der Waals surface area (Å²) in [6, 6.07) is 7.83. The molecule has 0 saturated heterocycles. The third kappa shape index (κ3) is 3.54. The van der Waals surface area contributed by atoms with Crippen LogP contribution in [0.2, 0.25) is 0 Å². The third-order valence-electron chi connectivity index (χ3n) is 3.48. The zero-order valence-electron chi connectivity index (χ0n) is 12.7. The number of imidazole rings is 1. The molecule has 0 radical (unpaired) electrons. The SMILES string of the molecule is CCCC(C)(N)C(=O)Nc1nc2ccccc2n1CC.Cl. The van der Waals surface area contributed by atoms with E-state index in [0.717, 1.165) is 24.0 Å². The molecule has 1 unspecified atom stereocenters. The molecule has 0 spiro atoms. The maximum atomic E-state index is 12.3. The van der Waals surface area contributed by atoms with E-state index in [-0.39, 0.29) is 18.3 Å². The Morgan fingerprint density at radius 1 is 1.38 bits per heavy atom. The van der Waals surface area contributed by atoms with E-state index in [1.54, 1.807) is 6.92 Å². The van der Waals surface area contributed by atoms with Crippen LogP contribution in [0.25, 0.3) is 11.0 Å². The van der Waals surface area contributed by atoms with Crippen LogP contribution in [0.15, 0.2) is 24.3 Å². The molecule has 5 nitrogen and oxygen atoms in total. The smallest absolute Gasteiger partial charge is 0.246 e. The Labute approximate surface area is 131 Å². The van der Waals surface area contributed by atoms with Gasteiger partial charge in [-0.15, -0.1) is 12.4 Å². The predicted molar refractivity (Wildman–Crippen MR) is 88.8 cm³/mol. The van der Waals surface area contributed by atoms with E-state index in [1.807, 2.05) is 42.7 Å². The molecule has 6 heteroatoms. The van der Waals surface area contributed by atoms with Crippen molar-refractivity contribution in [3.63, 3.8) is 0 Å². The molecule has 3 N–H and O–H groups in total. The Morgan fingerprint density at radius 2 is 2.05 bits per heavy atom. The predicted octanol–water partition coefficient (Wildman–Crippen LogP) is 2.93. The fourth-order valence-electron chi connectivity index (χ4n) is 2.37. The van der Waals surface area contributed by atoms with Crippen molar-refractivity contribution in [2.45, 2.75) is 45.7 Å². The first-order valence-electron chi connectivity index (χ1n) is 7.05. The van der Waals surface area contributed by atoms with Crippen LogP contribution in [0.3, 0.4) is 0 Å². The van der Waals surface area contributed by atoms with Gasteiger partial charge < -0.3 is 10.3 Å². The first-order valence-corrected chi connectivity index (χ1v) is 7.05. The van der Waals surface area contributed by atoms with Crippen LogP contribution in [0.4, 0.5) is 5.95 Å². The summed E-state index contributed by atoms with van der Waals surface area (Å²) in [6.45, 7) is 6.53. The average Bonchev–Trinajstić information content (AvgIpc) is 2.75. The molecule has 0 aliphatic carbocycles. The maximum absolute atomic E-state index is 12.3. The van der Waals surface area contributed by atoms with Gasteiger partial charge in [0.2, 0.25) is 11.9 Å². The van der Waals surface area contributed by atoms with Crippen molar-refractivity contribution in [1.82, 2.24) is 9.55 Å². The molecule has 2 rings (SSSR count). The molecule has 1 aromatic carbocycles. The van der Waals surface area contributed by atoms with Gasteiger partial charge in [0.05, 0.1) is 16.6 Å². The molecule has 1 heterocycles. The number of para-hydroxylation sites is 2. The van der Waals surface area contributed by atoms with Crippen molar-refractivity contribution in [1.29, 1.82) is 0 Å². The van der Waals surface area contributed by atoms with Gasteiger partial charge in [-0.1, -0.05) is 25.5 Å². The number of hydrogen-bond acceptors (Lipinski definition) is 3. The van der Waals surface area contributed by atoms with Crippen molar-refractivity contribution in [2.24, 2.45) is 5.73 Å². The van der Waals surface area contributed by atoms with Crippen molar-refractivity contribution in [3.8, 4) is 0 Å². The van der Waals surface area contributed by atoms with E-state index in [9.17, 15) is 4.79 Å². The standard InChI is InChI=1S/C15H22N4O.ClH/c1-4-10-15(3,16)13(20)18-14-17-11-8-6-7-9-12(11)19(14)5-2;/h6-9H,4-5,10,16H2,1-3H3,(H,17,18,20);1H. The lowest BCUT2D eigenvalue weighted by Crippen LogP contribution is -2.48. The second kappa shape index (κ2) is 6.91. The quantitative estimate of drug-likeness (QED) is 0.891. The van der Waals surface area contributed by atoms with Gasteiger partial charge in [0.15, 0.2) is 0 Å². The number of anilines is 1. The Morgan fingerprint density at radius 3 is 2.67 bits per heavy atom. The number of aromatic nitrogens is 2. The van der Waals surface area contributed by atoms with Crippen LogP contribution >= 0.6 is 12.4 Å². The molecular formula is C15H23ClN4O. The van der Waals surface area contributed by atoms with E-state index in [1.165, 1.54) is 0 Å². The van der Waals surface area contributed by atoms with Crippen LogP contribution in [-0.2, 0) is 11.3 Å². The average molecular weight is 311 g/mol. The molecule has 1 atom stereocenters. The number of nitrogens with zero attached hydrogens (tertiary/aromatic N) is 2. The van der Waals surface area contributed by atoms with E-state index >= 15 is 0 Å². The van der Waals surface area contributed by atoms with Gasteiger partial charge in [-0.3, -0.25) is 10.1 Å². The maximum Gasteiger partial charge on any atom is 0.246 e. The summed E-state index contributed by atoms with van der Waals surface area (Å²) in [5.74, 6) is 0.371. The lowest BCUT2D eigenvalue weighted by atomic mass is 9.97. The lowest BCUT2D eigenvalue weighted by molar-refractivity contribution is -0.120. The zero-order chi connectivity index (χ0) is 14.8. The van der Waals surface area contributed by atoms with Crippen molar-refractivity contribution >= 4 is 35.3 Å². The molecule has 2 aromatic rings. The molecule has 0 saturated carbocycles. The Balaban J connectivity index is 0.00000220. The fourth-order valence-corrected chi connectivity index (χ4v) is 2.37. The molecule has 0 aliphatic rings. The zero-order valence-corrected chi connectivity index (χ0v) is 13.5. The van der Waals surface area contributed by atoms with Gasteiger partial charge in [0.25, 0.3) is 0 Å².